The normalized spacial score (nSPS) is 13.4. The molecule has 1 aliphatic heterocycles. The predicted octanol–water partition coefficient (Wildman–Crippen LogP) is 1.82. The van der Waals surface area contributed by atoms with Gasteiger partial charge >= 0.3 is 0 Å². The van der Waals surface area contributed by atoms with Crippen LogP contribution in [-0.4, -0.2) is 14.9 Å². The molecule has 0 amide bonds. The van der Waals surface area contributed by atoms with E-state index in [1.54, 1.807) is 16.8 Å². The first kappa shape index (κ1) is 8.47. The molecule has 0 bridgehead atoms. The molecule has 0 unspecified atom stereocenters. The lowest BCUT2D eigenvalue weighted by atomic mass is 10.0. The standard InChI is InChI=1S/C11H9FN2O/c12-8-2-4-10-7(5-8)1-3-9-6-11(15)13-14(9)10/h2,4-6H,1,3H2,(H,13,15). The van der Waals surface area contributed by atoms with E-state index in [-0.39, 0.29) is 11.7 Å². The quantitative estimate of drug-likeness (QED) is 0.710. The number of aryl methyl sites for hydroxylation is 2. The Morgan fingerprint density at radius 3 is 3.00 bits per heavy atom. The first-order valence-corrected chi connectivity index (χ1v) is 4.81. The Labute approximate surface area is 85.8 Å². The summed E-state index contributed by atoms with van der Waals surface area (Å²) < 4.78 is 14.7. The molecule has 15 heavy (non-hydrogen) atoms. The van der Waals surface area contributed by atoms with Crippen molar-refractivity contribution < 1.29 is 9.50 Å². The molecular weight excluding hydrogens is 195 g/mol. The number of aromatic nitrogens is 2. The molecule has 1 aliphatic rings. The van der Waals surface area contributed by atoms with E-state index in [0.29, 0.717) is 0 Å². The largest absolute Gasteiger partial charge is 0.492 e. The van der Waals surface area contributed by atoms with Crippen LogP contribution in [-0.2, 0) is 12.8 Å². The van der Waals surface area contributed by atoms with Gasteiger partial charge in [-0.3, -0.25) is 0 Å². The van der Waals surface area contributed by atoms with Gasteiger partial charge < -0.3 is 5.11 Å². The minimum absolute atomic E-state index is 0.0159. The maximum absolute atomic E-state index is 13.0. The van der Waals surface area contributed by atoms with Crippen LogP contribution in [0.15, 0.2) is 24.3 Å². The maximum atomic E-state index is 13.0. The Kier molecular flexibility index (Phi) is 1.59. The molecule has 0 saturated carbocycles. The van der Waals surface area contributed by atoms with E-state index in [1.165, 1.54) is 12.1 Å². The van der Waals surface area contributed by atoms with Crippen LogP contribution in [0.4, 0.5) is 4.39 Å². The van der Waals surface area contributed by atoms with Gasteiger partial charge in [0.05, 0.1) is 5.69 Å². The van der Waals surface area contributed by atoms with Gasteiger partial charge in [0, 0.05) is 11.8 Å². The second-order valence-electron chi connectivity index (χ2n) is 3.68. The lowest BCUT2D eigenvalue weighted by Gasteiger charge is -2.17. The van der Waals surface area contributed by atoms with Crippen molar-refractivity contribution in [3.05, 3.63) is 41.3 Å². The first-order valence-electron chi connectivity index (χ1n) is 4.81. The minimum atomic E-state index is -0.228. The number of rotatable bonds is 0. The maximum Gasteiger partial charge on any atom is 0.230 e. The smallest absolute Gasteiger partial charge is 0.230 e. The summed E-state index contributed by atoms with van der Waals surface area (Å²) in [7, 11) is 0. The Balaban J connectivity index is 2.25. The fourth-order valence-electron chi connectivity index (χ4n) is 2.02. The number of fused-ring (bicyclic) bond motifs is 3. The predicted molar refractivity (Wildman–Crippen MR) is 52.6 cm³/mol. The second kappa shape index (κ2) is 2.82. The Morgan fingerprint density at radius 2 is 2.13 bits per heavy atom. The summed E-state index contributed by atoms with van der Waals surface area (Å²) in [6.45, 7) is 0. The third-order valence-corrected chi connectivity index (χ3v) is 2.69. The third-order valence-electron chi connectivity index (χ3n) is 2.69. The van der Waals surface area contributed by atoms with Crippen molar-refractivity contribution in [1.82, 2.24) is 9.78 Å². The summed E-state index contributed by atoms with van der Waals surface area (Å²) in [5.74, 6) is -0.212. The lowest BCUT2D eigenvalue weighted by Crippen LogP contribution is -2.12. The van der Waals surface area contributed by atoms with Gasteiger partial charge in [0.15, 0.2) is 0 Å². The van der Waals surface area contributed by atoms with Crippen molar-refractivity contribution in [2.24, 2.45) is 0 Å². The summed E-state index contributed by atoms with van der Waals surface area (Å²) in [6, 6.07) is 6.27. The van der Waals surface area contributed by atoms with Crippen LogP contribution in [0.2, 0.25) is 0 Å². The summed E-state index contributed by atoms with van der Waals surface area (Å²) in [5, 5.41) is 13.3. The highest BCUT2D eigenvalue weighted by molar-refractivity contribution is 5.45. The molecule has 0 aliphatic carbocycles. The molecule has 2 aromatic rings. The van der Waals surface area contributed by atoms with Crippen molar-refractivity contribution in [1.29, 1.82) is 0 Å². The van der Waals surface area contributed by atoms with Crippen LogP contribution >= 0.6 is 0 Å². The van der Waals surface area contributed by atoms with Gasteiger partial charge in [-0.2, -0.15) is 0 Å². The van der Waals surface area contributed by atoms with E-state index in [4.69, 9.17) is 0 Å². The van der Waals surface area contributed by atoms with Gasteiger partial charge in [0.25, 0.3) is 0 Å². The number of hydrogen-bond donors (Lipinski definition) is 1. The third kappa shape index (κ3) is 1.21. The van der Waals surface area contributed by atoms with E-state index in [0.717, 1.165) is 29.8 Å². The molecule has 2 heterocycles. The number of halogens is 1. The molecule has 0 saturated heterocycles. The van der Waals surface area contributed by atoms with Crippen molar-refractivity contribution in [3.63, 3.8) is 0 Å². The molecule has 3 rings (SSSR count). The average Bonchev–Trinajstić information content (AvgIpc) is 2.58. The van der Waals surface area contributed by atoms with Crippen LogP contribution in [0.1, 0.15) is 11.3 Å². The molecule has 1 aromatic carbocycles. The number of benzene rings is 1. The summed E-state index contributed by atoms with van der Waals surface area (Å²) in [4.78, 5) is 0. The van der Waals surface area contributed by atoms with Gasteiger partial charge in [0.2, 0.25) is 5.88 Å². The average molecular weight is 204 g/mol. The molecule has 0 atom stereocenters. The monoisotopic (exact) mass is 204 g/mol. The molecule has 0 spiro atoms. The van der Waals surface area contributed by atoms with Crippen molar-refractivity contribution >= 4 is 0 Å². The molecule has 76 valence electrons. The number of hydrogen-bond acceptors (Lipinski definition) is 2. The van der Waals surface area contributed by atoms with Gasteiger partial charge in [0.1, 0.15) is 5.82 Å². The van der Waals surface area contributed by atoms with Gasteiger partial charge in [-0.1, -0.05) is 0 Å². The minimum Gasteiger partial charge on any atom is -0.492 e. The Bertz CT molecular complexity index is 533. The van der Waals surface area contributed by atoms with Crippen LogP contribution in [0.25, 0.3) is 5.69 Å². The molecule has 0 radical (unpaired) electrons. The van der Waals surface area contributed by atoms with Crippen LogP contribution in [0.3, 0.4) is 0 Å². The van der Waals surface area contributed by atoms with E-state index in [2.05, 4.69) is 5.10 Å². The van der Waals surface area contributed by atoms with E-state index < -0.39 is 0 Å². The lowest BCUT2D eigenvalue weighted by molar-refractivity contribution is 0.447. The Hall–Kier alpha value is -1.84. The molecule has 1 aromatic heterocycles. The fourth-order valence-corrected chi connectivity index (χ4v) is 2.02. The van der Waals surface area contributed by atoms with Gasteiger partial charge in [-0.25, -0.2) is 9.07 Å². The van der Waals surface area contributed by atoms with E-state index >= 15 is 0 Å². The topological polar surface area (TPSA) is 38.0 Å². The summed E-state index contributed by atoms with van der Waals surface area (Å²) in [5.41, 5.74) is 2.76. The summed E-state index contributed by atoms with van der Waals surface area (Å²) >= 11 is 0. The van der Waals surface area contributed by atoms with Crippen LogP contribution in [0, 0.1) is 5.82 Å². The van der Waals surface area contributed by atoms with E-state index in [9.17, 15) is 9.50 Å². The zero-order valence-electron chi connectivity index (χ0n) is 7.94. The number of aromatic hydroxyl groups is 1. The van der Waals surface area contributed by atoms with Crippen molar-refractivity contribution in [3.8, 4) is 11.6 Å². The highest BCUT2D eigenvalue weighted by Crippen LogP contribution is 2.26. The molecule has 3 nitrogen and oxygen atoms in total. The zero-order chi connectivity index (χ0) is 10.4. The van der Waals surface area contributed by atoms with Crippen molar-refractivity contribution in [2.75, 3.05) is 0 Å². The number of nitrogens with zero attached hydrogens (tertiary/aromatic N) is 2. The Morgan fingerprint density at radius 1 is 1.27 bits per heavy atom. The highest BCUT2D eigenvalue weighted by Gasteiger charge is 2.18. The SMILES string of the molecule is Oc1cc2n(n1)-c1ccc(F)cc1CC2. The first-order chi connectivity index (χ1) is 7.24. The van der Waals surface area contributed by atoms with Gasteiger partial charge in [-0.15, -0.1) is 5.10 Å². The zero-order valence-corrected chi connectivity index (χ0v) is 7.94. The summed E-state index contributed by atoms with van der Waals surface area (Å²) in [6.07, 6.45) is 1.57. The van der Waals surface area contributed by atoms with Crippen LogP contribution < -0.4 is 0 Å². The molecule has 4 heteroatoms. The van der Waals surface area contributed by atoms with Crippen molar-refractivity contribution in [2.45, 2.75) is 12.8 Å². The molecule has 0 fully saturated rings. The molecular formula is C11H9FN2O. The highest BCUT2D eigenvalue weighted by atomic mass is 19.1. The van der Waals surface area contributed by atoms with E-state index in [1.807, 2.05) is 0 Å². The molecule has 1 N–H and O–H groups in total. The second-order valence-corrected chi connectivity index (χ2v) is 3.68. The van der Waals surface area contributed by atoms with Crippen LogP contribution in [0.5, 0.6) is 5.88 Å². The fraction of sp³-hybridized carbons (Fsp3) is 0.182. The van der Waals surface area contributed by atoms with Gasteiger partial charge in [-0.05, 0) is 36.6 Å².